The van der Waals surface area contributed by atoms with E-state index in [4.69, 9.17) is 4.74 Å². The Balaban J connectivity index is 2.41. The first kappa shape index (κ1) is 14.5. The van der Waals surface area contributed by atoms with Crippen molar-refractivity contribution in [1.29, 1.82) is 0 Å². The normalized spacial score (nSPS) is 11.1. The van der Waals surface area contributed by atoms with Gasteiger partial charge in [-0.15, -0.1) is 0 Å². The maximum atomic E-state index is 11.1. The first-order chi connectivity index (χ1) is 8.76. The summed E-state index contributed by atoms with van der Waals surface area (Å²) in [6.07, 6.45) is 3.35. The molecule has 0 fully saturated rings. The summed E-state index contributed by atoms with van der Waals surface area (Å²) in [6, 6.07) is 10.3. The second-order valence-electron chi connectivity index (χ2n) is 3.97. The monoisotopic (exact) mass is 247 g/mol. The second kappa shape index (κ2) is 8.48. The lowest BCUT2D eigenvalue weighted by Gasteiger charge is -2.18. The van der Waals surface area contributed by atoms with Crippen LogP contribution in [0.4, 0.5) is 0 Å². The van der Waals surface area contributed by atoms with Gasteiger partial charge in [-0.05, 0) is 19.0 Å². The van der Waals surface area contributed by atoms with Crippen molar-refractivity contribution in [2.45, 2.75) is 20.4 Å². The Morgan fingerprint density at radius 1 is 1.28 bits per heavy atom. The fourth-order valence-corrected chi connectivity index (χ4v) is 1.64. The summed E-state index contributed by atoms with van der Waals surface area (Å²) < 4.78 is 4.83. The number of benzene rings is 1. The van der Waals surface area contributed by atoms with Gasteiger partial charge < -0.3 is 4.74 Å². The van der Waals surface area contributed by atoms with E-state index in [1.54, 1.807) is 6.92 Å². The zero-order valence-electron chi connectivity index (χ0n) is 11.1. The predicted molar refractivity (Wildman–Crippen MR) is 73.2 cm³/mol. The van der Waals surface area contributed by atoms with Gasteiger partial charge in [-0.1, -0.05) is 43.3 Å². The summed E-state index contributed by atoms with van der Waals surface area (Å²) >= 11 is 0. The molecule has 1 aromatic carbocycles. The van der Waals surface area contributed by atoms with Gasteiger partial charge in [-0.2, -0.15) is 0 Å². The largest absolute Gasteiger partial charge is 0.463 e. The molecule has 0 unspecified atom stereocenters. The molecule has 0 spiro atoms. The highest BCUT2D eigenvalue weighted by Gasteiger charge is 2.01. The van der Waals surface area contributed by atoms with Crippen LogP contribution < -0.4 is 0 Å². The summed E-state index contributed by atoms with van der Waals surface area (Å²) in [5.41, 5.74) is 1.28. The molecule has 0 radical (unpaired) electrons. The minimum atomic E-state index is -0.270. The molecule has 0 N–H and O–H groups in total. The number of rotatable bonds is 7. The molecule has 1 aromatic rings. The fourth-order valence-electron chi connectivity index (χ4n) is 1.64. The van der Waals surface area contributed by atoms with Gasteiger partial charge in [0.2, 0.25) is 0 Å². The van der Waals surface area contributed by atoms with Gasteiger partial charge in [0.1, 0.15) is 0 Å². The van der Waals surface area contributed by atoms with Crippen LogP contribution in [0.3, 0.4) is 0 Å². The van der Waals surface area contributed by atoms with E-state index in [-0.39, 0.29) is 5.97 Å². The molecule has 1 rings (SSSR count). The highest BCUT2D eigenvalue weighted by Crippen LogP contribution is 2.03. The second-order valence-corrected chi connectivity index (χ2v) is 3.97. The summed E-state index contributed by atoms with van der Waals surface area (Å²) in [6.45, 7) is 6.93. The molecule has 0 amide bonds. The van der Waals surface area contributed by atoms with Gasteiger partial charge in [-0.3, -0.25) is 4.90 Å². The zero-order chi connectivity index (χ0) is 13.2. The zero-order valence-corrected chi connectivity index (χ0v) is 11.1. The van der Waals surface area contributed by atoms with Crippen LogP contribution in [-0.4, -0.2) is 30.6 Å². The van der Waals surface area contributed by atoms with Gasteiger partial charge in [0.25, 0.3) is 0 Å². The van der Waals surface area contributed by atoms with Crippen molar-refractivity contribution in [1.82, 2.24) is 4.90 Å². The maximum absolute atomic E-state index is 11.1. The first-order valence-electron chi connectivity index (χ1n) is 6.35. The molecule has 0 heterocycles. The molecule has 0 aromatic heterocycles. The molecule has 0 aliphatic rings. The van der Waals surface area contributed by atoms with Gasteiger partial charge >= 0.3 is 5.97 Å². The minimum Gasteiger partial charge on any atom is -0.463 e. The Labute approximate surface area is 109 Å². The van der Waals surface area contributed by atoms with Crippen molar-refractivity contribution in [3.05, 3.63) is 48.0 Å². The number of ether oxygens (including phenoxy) is 1. The van der Waals surface area contributed by atoms with Crippen LogP contribution in [0.2, 0.25) is 0 Å². The molecule has 18 heavy (non-hydrogen) atoms. The molecule has 0 saturated carbocycles. The fraction of sp³-hybridized carbons (Fsp3) is 0.400. The lowest BCUT2D eigenvalue weighted by Crippen LogP contribution is -2.23. The van der Waals surface area contributed by atoms with Gasteiger partial charge in [0.05, 0.1) is 6.61 Å². The standard InChI is InChI=1S/C15H21NO2/c1-3-16(12-8-11-15(17)18-4-2)13-14-9-6-5-7-10-14/h5-11H,3-4,12-13H2,1-2H3/b11-8+. The summed E-state index contributed by atoms with van der Waals surface area (Å²) in [5, 5.41) is 0. The summed E-state index contributed by atoms with van der Waals surface area (Å²) in [7, 11) is 0. The molecule has 0 aliphatic heterocycles. The van der Waals surface area contributed by atoms with Crippen LogP contribution in [0, 0.1) is 0 Å². The average molecular weight is 247 g/mol. The Bertz CT molecular complexity index is 373. The van der Waals surface area contributed by atoms with Gasteiger partial charge in [0, 0.05) is 19.2 Å². The van der Waals surface area contributed by atoms with Crippen molar-refractivity contribution >= 4 is 5.97 Å². The molecule has 0 aliphatic carbocycles. The molecule has 3 nitrogen and oxygen atoms in total. The highest BCUT2D eigenvalue weighted by atomic mass is 16.5. The quantitative estimate of drug-likeness (QED) is 0.548. The highest BCUT2D eigenvalue weighted by molar-refractivity contribution is 5.81. The van der Waals surface area contributed by atoms with E-state index in [1.165, 1.54) is 11.6 Å². The van der Waals surface area contributed by atoms with Crippen LogP contribution in [0.25, 0.3) is 0 Å². The SMILES string of the molecule is CCOC(=O)/C=C/CN(CC)Cc1ccccc1. The summed E-state index contributed by atoms with van der Waals surface area (Å²) in [5.74, 6) is -0.270. The smallest absolute Gasteiger partial charge is 0.330 e. The van der Waals surface area contributed by atoms with Crippen LogP contribution >= 0.6 is 0 Å². The van der Waals surface area contributed by atoms with Gasteiger partial charge in [0.15, 0.2) is 0 Å². The van der Waals surface area contributed by atoms with Crippen LogP contribution in [-0.2, 0) is 16.1 Å². The maximum Gasteiger partial charge on any atom is 0.330 e. The first-order valence-corrected chi connectivity index (χ1v) is 6.35. The van der Waals surface area contributed by atoms with E-state index >= 15 is 0 Å². The van der Waals surface area contributed by atoms with Crippen molar-refractivity contribution in [3.8, 4) is 0 Å². The third-order valence-corrected chi connectivity index (χ3v) is 2.60. The Morgan fingerprint density at radius 3 is 2.61 bits per heavy atom. The van der Waals surface area contributed by atoms with E-state index in [0.29, 0.717) is 6.61 Å². The van der Waals surface area contributed by atoms with E-state index < -0.39 is 0 Å². The van der Waals surface area contributed by atoms with Crippen LogP contribution in [0.1, 0.15) is 19.4 Å². The molecule has 0 bridgehead atoms. The Kier molecular flexibility index (Phi) is 6.81. The van der Waals surface area contributed by atoms with Crippen molar-refractivity contribution in [3.63, 3.8) is 0 Å². The summed E-state index contributed by atoms with van der Waals surface area (Å²) in [4.78, 5) is 13.4. The number of hydrogen-bond donors (Lipinski definition) is 0. The number of nitrogens with zero attached hydrogens (tertiary/aromatic N) is 1. The topological polar surface area (TPSA) is 29.5 Å². The van der Waals surface area contributed by atoms with Gasteiger partial charge in [-0.25, -0.2) is 4.79 Å². The van der Waals surface area contributed by atoms with Crippen molar-refractivity contribution in [2.24, 2.45) is 0 Å². The Morgan fingerprint density at radius 2 is 2.00 bits per heavy atom. The lowest BCUT2D eigenvalue weighted by molar-refractivity contribution is -0.137. The van der Waals surface area contributed by atoms with E-state index in [0.717, 1.165) is 19.6 Å². The Hall–Kier alpha value is -1.61. The average Bonchev–Trinajstić information content (AvgIpc) is 2.39. The third-order valence-electron chi connectivity index (χ3n) is 2.60. The molecule has 0 saturated heterocycles. The number of esters is 1. The van der Waals surface area contributed by atoms with Crippen LogP contribution in [0.15, 0.2) is 42.5 Å². The molecule has 3 heteroatoms. The van der Waals surface area contributed by atoms with E-state index in [9.17, 15) is 4.79 Å². The van der Waals surface area contributed by atoms with Crippen molar-refractivity contribution < 1.29 is 9.53 Å². The molecular formula is C15H21NO2. The van der Waals surface area contributed by atoms with E-state index in [2.05, 4.69) is 24.0 Å². The van der Waals surface area contributed by atoms with E-state index in [1.807, 2.05) is 24.3 Å². The molecule has 0 atom stereocenters. The van der Waals surface area contributed by atoms with Crippen LogP contribution in [0.5, 0.6) is 0 Å². The number of carbonyl (C=O) groups is 1. The number of carbonyl (C=O) groups excluding carboxylic acids is 1. The minimum absolute atomic E-state index is 0.270. The third kappa shape index (κ3) is 5.64. The molecule has 98 valence electrons. The predicted octanol–water partition coefficient (Wildman–Crippen LogP) is 2.63. The molecular weight excluding hydrogens is 226 g/mol. The number of hydrogen-bond acceptors (Lipinski definition) is 3. The number of likely N-dealkylation sites (N-methyl/N-ethyl adjacent to an activating group) is 1. The lowest BCUT2D eigenvalue weighted by atomic mass is 10.2. The van der Waals surface area contributed by atoms with Crippen molar-refractivity contribution in [2.75, 3.05) is 19.7 Å².